The van der Waals surface area contributed by atoms with Crippen LogP contribution in [0.25, 0.3) is 32.5 Å². The lowest BCUT2D eigenvalue weighted by Crippen LogP contribution is -2.39. The number of benzene rings is 3. The first-order valence-electron chi connectivity index (χ1n) is 15.1. The number of nitrogens with zero attached hydrogens (tertiary/aromatic N) is 2. The van der Waals surface area contributed by atoms with Crippen molar-refractivity contribution in [3.63, 3.8) is 0 Å². The van der Waals surface area contributed by atoms with E-state index in [1.54, 1.807) is 29.4 Å². The first-order valence-corrected chi connectivity index (χ1v) is 16.0. The van der Waals surface area contributed by atoms with Gasteiger partial charge in [-0.2, -0.15) is 0 Å². The minimum Gasteiger partial charge on any atom is -0.490 e. The molecule has 0 saturated heterocycles. The number of aromatic nitrogens is 1. The summed E-state index contributed by atoms with van der Waals surface area (Å²) in [5.41, 5.74) is 12.5. The Labute approximate surface area is 271 Å². The lowest BCUT2D eigenvalue weighted by Gasteiger charge is -2.31. The fraction of sp³-hybridized carbons (Fsp3) is 0.278. The summed E-state index contributed by atoms with van der Waals surface area (Å²) < 4.78 is 32.3. The molecule has 46 heavy (non-hydrogen) atoms. The molecule has 0 aliphatic carbocycles. The number of hydrogen-bond donors (Lipinski definition) is 2. The zero-order valence-corrected chi connectivity index (χ0v) is 27.2. The van der Waals surface area contributed by atoms with Crippen LogP contribution in [0.5, 0.6) is 5.75 Å². The fourth-order valence-corrected chi connectivity index (χ4v) is 6.53. The largest absolute Gasteiger partial charge is 0.490 e. The molecule has 1 amide bonds. The van der Waals surface area contributed by atoms with Crippen LogP contribution in [-0.2, 0) is 22.4 Å². The van der Waals surface area contributed by atoms with E-state index in [-0.39, 0.29) is 12.7 Å². The number of ether oxygens (including phenoxy) is 3. The van der Waals surface area contributed by atoms with Crippen molar-refractivity contribution in [2.75, 3.05) is 37.9 Å². The first-order chi connectivity index (χ1) is 22.1. The summed E-state index contributed by atoms with van der Waals surface area (Å²) in [6.07, 6.45) is 0.405. The zero-order valence-electron chi connectivity index (χ0n) is 26.4. The van der Waals surface area contributed by atoms with Gasteiger partial charge in [-0.05, 0) is 86.2 Å². The van der Waals surface area contributed by atoms with Gasteiger partial charge in [0.2, 0.25) is 0 Å². The highest BCUT2D eigenvalue weighted by Gasteiger charge is 2.27. The molecule has 238 valence electrons. The molecule has 3 heterocycles. The number of rotatable bonds is 8. The Kier molecular flexibility index (Phi) is 8.84. The molecule has 1 aliphatic heterocycles. The standard InChI is InChI=1S/C36H37FN4O4S/c1-36(2,3)45-35(42)41-14-12-22-18-23(8-9-24(22)21-41)32-29-13-17-46-33(29)31(34(40-32)39-27-7-5-6-26(38)20-27)28-11-10-25(37)19-30(28)44-16-15-43-4/h5-11,13,17-20H,12,14-16,21,38H2,1-4H3,(H,39,40). The van der Waals surface area contributed by atoms with Crippen LogP contribution in [0.4, 0.5) is 26.4 Å². The minimum absolute atomic E-state index is 0.268. The average molecular weight is 641 g/mol. The van der Waals surface area contributed by atoms with Crippen LogP contribution < -0.4 is 15.8 Å². The second-order valence-corrected chi connectivity index (χ2v) is 13.1. The smallest absolute Gasteiger partial charge is 0.410 e. The van der Waals surface area contributed by atoms with E-state index in [0.717, 1.165) is 38.2 Å². The van der Waals surface area contributed by atoms with Crippen LogP contribution in [0.15, 0.2) is 72.1 Å². The van der Waals surface area contributed by atoms with Gasteiger partial charge in [-0.25, -0.2) is 14.2 Å². The van der Waals surface area contributed by atoms with Gasteiger partial charge in [0.25, 0.3) is 0 Å². The number of halogens is 1. The zero-order chi connectivity index (χ0) is 32.4. The molecule has 0 spiro atoms. The van der Waals surface area contributed by atoms with Gasteiger partial charge < -0.3 is 30.2 Å². The van der Waals surface area contributed by atoms with Gasteiger partial charge in [0.05, 0.1) is 12.3 Å². The van der Waals surface area contributed by atoms with Gasteiger partial charge >= 0.3 is 6.09 Å². The topological polar surface area (TPSA) is 98.9 Å². The molecule has 0 saturated carbocycles. The SMILES string of the molecule is COCCOc1cc(F)ccc1-c1c(Nc2cccc(N)c2)nc(-c2ccc3c(c2)CCN(C(=O)OC(C)(C)C)C3)c2ccsc12. The van der Waals surface area contributed by atoms with E-state index in [4.69, 9.17) is 24.9 Å². The number of carbonyl (C=O) groups is 1. The van der Waals surface area contributed by atoms with E-state index in [1.165, 1.54) is 17.7 Å². The Hall–Kier alpha value is -4.67. The third-order valence-electron chi connectivity index (χ3n) is 7.66. The van der Waals surface area contributed by atoms with Crippen molar-refractivity contribution >= 4 is 44.7 Å². The number of pyridine rings is 1. The van der Waals surface area contributed by atoms with Crippen LogP contribution in [0, 0.1) is 5.82 Å². The summed E-state index contributed by atoms with van der Waals surface area (Å²) in [6.45, 7) is 7.32. The van der Waals surface area contributed by atoms with Crippen molar-refractivity contribution in [1.29, 1.82) is 0 Å². The highest BCUT2D eigenvalue weighted by atomic mass is 32.1. The molecule has 0 radical (unpaired) electrons. The van der Waals surface area contributed by atoms with Crippen molar-refractivity contribution in [1.82, 2.24) is 9.88 Å². The minimum atomic E-state index is -0.549. The number of nitrogens with two attached hydrogens (primary N) is 1. The van der Waals surface area contributed by atoms with Crippen LogP contribution >= 0.6 is 11.3 Å². The molecule has 0 unspecified atom stereocenters. The fourth-order valence-electron chi connectivity index (χ4n) is 5.58. The average Bonchev–Trinajstić information content (AvgIpc) is 3.50. The van der Waals surface area contributed by atoms with Crippen molar-refractivity contribution < 1.29 is 23.4 Å². The lowest BCUT2D eigenvalue weighted by molar-refractivity contribution is 0.0224. The van der Waals surface area contributed by atoms with Crippen LogP contribution in [0.1, 0.15) is 31.9 Å². The molecule has 0 atom stereocenters. The highest BCUT2D eigenvalue weighted by molar-refractivity contribution is 7.18. The predicted octanol–water partition coefficient (Wildman–Crippen LogP) is 8.41. The normalized spacial score (nSPS) is 13.0. The van der Waals surface area contributed by atoms with E-state index in [9.17, 15) is 9.18 Å². The molecule has 0 bridgehead atoms. The Balaban J connectivity index is 1.45. The number of fused-ring (bicyclic) bond motifs is 2. The summed E-state index contributed by atoms with van der Waals surface area (Å²) in [5, 5.41) is 6.50. The van der Waals surface area contributed by atoms with Gasteiger partial charge in [0.1, 0.15) is 29.6 Å². The quantitative estimate of drug-likeness (QED) is 0.130. The summed E-state index contributed by atoms with van der Waals surface area (Å²) in [7, 11) is 1.60. The maximum absolute atomic E-state index is 14.5. The van der Waals surface area contributed by atoms with Crippen LogP contribution in [0.2, 0.25) is 0 Å². The molecule has 3 aromatic carbocycles. The molecule has 8 nitrogen and oxygen atoms in total. The van der Waals surface area contributed by atoms with E-state index in [0.29, 0.717) is 48.9 Å². The Morgan fingerprint density at radius 2 is 1.91 bits per heavy atom. The van der Waals surface area contributed by atoms with E-state index < -0.39 is 11.4 Å². The molecule has 5 aromatic rings. The monoisotopic (exact) mass is 640 g/mol. The molecule has 1 aliphatic rings. The molecule has 3 N–H and O–H groups in total. The summed E-state index contributed by atoms with van der Waals surface area (Å²) in [6, 6.07) is 20.4. The Morgan fingerprint density at radius 1 is 1.07 bits per heavy atom. The number of carbonyl (C=O) groups excluding carboxylic acids is 1. The molecule has 6 rings (SSSR count). The number of thiophene rings is 1. The van der Waals surface area contributed by atoms with Crippen molar-refractivity contribution in [3.05, 3.63) is 89.1 Å². The highest BCUT2D eigenvalue weighted by Crippen LogP contribution is 2.46. The Morgan fingerprint density at radius 3 is 2.70 bits per heavy atom. The lowest BCUT2D eigenvalue weighted by atomic mass is 9.94. The van der Waals surface area contributed by atoms with Gasteiger partial charge in [-0.3, -0.25) is 0 Å². The number of amides is 1. The maximum Gasteiger partial charge on any atom is 0.410 e. The van der Waals surface area contributed by atoms with Crippen molar-refractivity contribution in [2.24, 2.45) is 0 Å². The maximum atomic E-state index is 14.5. The third kappa shape index (κ3) is 6.78. The number of anilines is 3. The van der Waals surface area contributed by atoms with Crippen LogP contribution in [-0.4, -0.2) is 48.4 Å². The predicted molar refractivity (Wildman–Crippen MR) is 182 cm³/mol. The van der Waals surface area contributed by atoms with Crippen molar-refractivity contribution in [2.45, 2.75) is 39.3 Å². The van der Waals surface area contributed by atoms with E-state index in [2.05, 4.69) is 29.6 Å². The second kappa shape index (κ2) is 13.0. The third-order valence-corrected chi connectivity index (χ3v) is 8.59. The molecular formula is C36H37FN4O4S. The Bertz CT molecular complexity index is 1900. The number of nitrogens with one attached hydrogen (secondary N) is 1. The van der Waals surface area contributed by atoms with Gasteiger partial charge in [0, 0.05) is 64.4 Å². The van der Waals surface area contributed by atoms with Crippen LogP contribution in [0.3, 0.4) is 0 Å². The number of hydrogen-bond acceptors (Lipinski definition) is 8. The van der Waals surface area contributed by atoms with Crippen molar-refractivity contribution in [3.8, 4) is 28.1 Å². The number of nitrogen functional groups attached to an aromatic ring is 1. The van der Waals surface area contributed by atoms with Gasteiger partial charge in [-0.15, -0.1) is 11.3 Å². The number of methoxy groups -OCH3 is 1. The molecule has 10 heteroatoms. The van der Waals surface area contributed by atoms with E-state index in [1.807, 2.05) is 50.4 Å². The second-order valence-electron chi connectivity index (χ2n) is 12.2. The molecule has 0 fully saturated rings. The van der Waals surface area contributed by atoms with Gasteiger partial charge in [-0.1, -0.05) is 18.2 Å². The summed E-state index contributed by atoms with van der Waals surface area (Å²) in [4.78, 5) is 19.7. The molecule has 2 aromatic heterocycles. The first kappa shape index (κ1) is 31.3. The summed E-state index contributed by atoms with van der Waals surface area (Å²) >= 11 is 1.59. The van der Waals surface area contributed by atoms with E-state index >= 15 is 0 Å². The molecular weight excluding hydrogens is 603 g/mol. The van der Waals surface area contributed by atoms with Gasteiger partial charge in [0.15, 0.2) is 0 Å². The summed E-state index contributed by atoms with van der Waals surface area (Å²) in [5.74, 6) is 0.598.